The summed E-state index contributed by atoms with van der Waals surface area (Å²) in [4.78, 5) is 24.0. The van der Waals surface area contributed by atoms with Crippen molar-refractivity contribution in [2.45, 2.75) is 19.6 Å². The average molecular weight is 226 g/mol. The third-order valence-electron chi connectivity index (χ3n) is 1.81. The van der Waals surface area contributed by atoms with Gasteiger partial charge in [-0.3, -0.25) is 0 Å². The number of ether oxygens (including phenoxy) is 2. The van der Waals surface area contributed by atoms with Gasteiger partial charge in [0.25, 0.3) is 5.79 Å². The molecule has 5 heteroatoms. The van der Waals surface area contributed by atoms with Crippen LogP contribution in [0.25, 0.3) is 0 Å². The Morgan fingerprint density at radius 3 is 2.06 bits per heavy atom. The minimum atomic E-state index is -1.18. The highest BCUT2D eigenvalue weighted by Crippen LogP contribution is 2.22. The molecule has 1 heterocycles. The van der Waals surface area contributed by atoms with Gasteiger partial charge in [0.15, 0.2) is 0 Å². The highest BCUT2D eigenvalue weighted by molar-refractivity contribution is 6.15. The molecule has 0 aromatic carbocycles. The van der Waals surface area contributed by atoms with E-state index in [1.807, 2.05) is 14.1 Å². The molecule has 1 aliphatic heterocycles. The summed E-state index contributed by atoms with van der Waals surface area (Å²) >= 11 is 0. The Hall–Kier alpha value is -1.62. The molecule has 88 valence electrons. The number of allylic oxidation sites excluding steroid dienone is 2. The zero-order valence-electron chi connectivity index (χ0n) is 9.87. The SMILES string of the molecule is C[NH+](C)/C=C/C=C1C(=O)OC(C)(C)OC1=O. The van der Waals surface area contributed by atoms with Crippen LogP contribution in [0.3, 0.4) is 0 Å². The van der Waals surface area contributed by atoms with E-state index < -0.39 is 17.7 Å². The van der Waals surface area contributed by atoms with Crippen LogP contribution in [0.15, 0.2) is 23.9 Å². The van der Waals surface area contributed by atoms with Crippen molar-refractivity contribution in [3.63, 3.8) is 0 Å². The van der Waals surface area contributed by atoms with Crippen molar-refractivity contribution < 1.29 is 24.0 Å². The van der Waals surface area contributed by atoms with E-state index >= 15 is 0 Å². The normalized spacial score (nSPS) is 19.9. The molecule has 0 atom stereocenters. The molecule has 0 saturated carbocycles. The Bertz CT molecular complexity index is 344. The van der Waals surface area contributed by atoms with Gasteiger partial charge in [0.1, 0.15) is 5.57 Å². The monoisotopic (exact) mass is 226 g/mol. The van der Waals surface area contributed by atoms with E-state index in [1.165, 1.54) is 19.9 Å². The number of carbonyl (C=O) groups is 2. The second kappa shape index (κ2) is 4.49. The summed E-state index contributed by atoms with van der Waals surface area (Å²) in [5, 5.41) is 0. The molecule has 0 unspecified atom stereocenters. The number of nitrogens with one attached hydrogen (secondary N) is 1. The fraction of sp³-hybridized carbons (Fsp3) is 0.455. The van der Waals surface area contributed by atoms with Gasteiger partial charge in [-0.15, -0.1) is 0 Å². The van der Waals surface area contributed by atoms with E-state index in [0.717, 1.165) is 4.90 Å². The molecule has 0 amide bonds. The van der Waals surface area contributed by atoms with Gasteiger partial charge in [-0.2, -0.15) is 0 Å². The quantitative estimate of drug-likeness (QED) is 0.388. The molecule has 1 aliphatic rings. The fourth-order valence-corrected chi connectivity index (χ4v) is 1.13. The molecular weight excluding hydrogens is 210 g/mol. The number of carbonyl (C=O) groups excluding carboxylic acids is 2. The third-order valence-corrected chi connectivity index (χ3v) is 1.81. The summed E-state index contributed by atoms with van der Waals surface area (Å²) in [5.74, 6) is -2.48. The van der Waals surface area contributed by atoms with E-state index in [1.54, 1.807) is 12.3 Å². The van der Waals surface area contributed by atoms with Gasteiger partial charge in [-0.1, -0.05) is 0 Å². The van der Waals surface area contributed by atoms with Gasteiger partial charge in [-0.05, 0) is 12.2 Å². The van der Waals surface area contributed by atoms with Crippen molar-refractivity contribution in [1.82, 2.24) is 0 Å². The number of quaternary nitrogens is 1. The van der Waals surface area contributed by atoms with Crippen LogP contribution < -0.4 is 4.90 Å². The number of esters is 2. The lowest BCUT2D eigenvalue weighted by Crippen LogP contribution is -3.00. The lowest BCUT2D eigenvalue weighted by molar-refractivity contribution is -0.801. The highest BCUT2D eigenvalue weighted by atomic mass is 16.7. The summed E-state index contributed by atoms with van der Waals surface area (Å²) in [5.41, 5.74) is -0.0863. The fourth-order valence-electron chi connectivity index (χ4n) is 1.13. The standard InChI is InChI=1S/C11H15NO4/c1-11(2)15-9(13)8(10(14)16-11)6-5-7-12(3)4/h5-7H,1-4H3/p+1/b7-5+. The molecule has 16 heavy (non-hydrogen) atoms. The van der Waals surface area contributed by atoms with Crippen molar-refractivity contribution in [3.8, 4) is 0 Å². The Balaban J connectivity index is 2.83. The molecule has 5 nitrogen and oxygen atoms in total. The molecule has 0 aromatic heterocycles. The van der Waals surface area contributed by atoms with Gasteiger partial charge in [0.2, 0.25) is 0 Å². The largest absolute Gasteiger partial charge is 0.419 e. The molecule has 0 aromatic rings. The summed E-state index contributed by atoms with van der Waals surface area (Å²) in [7, 11) is 3.82. The van der Waals surface area contributed by atoms with Gasteiger partial charge >= 0.3 is 11.9 Å². The van der Waals surface area contributed by atoms with E-state index in [2.05, 4.69) is 0 Å². The minimum Gasteiger partial charge on any atom is -0.419 e. The predicted octanol–water partition coefficient (Wildman–Crippen LogP) is -0.593. The second-order valence-corrected chi connectivity index (χ2v) is 4.20. The van der Waals surface area contributed by atoms with Crippen molar-refractivity contribution in [2.24, 2.45) is 0 Å². The van der Waals surface area contributed by atoms with Crippen LogP contribution in [0.4, 0.5) is 0 Å². The first-order valence-electron chi connectivity index (χ1n) is 4.97. The van der Waals surface area contributed by atoms with Crippen molar-refractivity contribution in [1.29, 1.82) is 0 Å². The lowest BCUT2D eigenvalue weighted by atomic mass is 10.2. The Morgan fingerprint density at radius 1 is 1.12 bits per heavy atom. The second-order valence-electron chi connectivity index (χ2n) is 4.20. The maximum Gasteiger partial charge on any atom is 0.348 e. The molecule has 1 fully saturated rings. The maximum absolute atomic E-state index is 11.5. The number of hydrogen-bond acceptors (Lipinski definition) is 4. The van der Waals surface area contributed by atoms with Crippen LogP contribution in [0, 0.1) is 0 Å². The van der Waals surface area contributed by atoms with Crippen LogP contribution in [-0.2, 0) is 19.1 Å². The zero-order chi connectivity index (χ0) is 12.3. The summed E-state index contributed by atoms with van der Waals surface area (Å²) < 4.78 is 9.85. The van der Waals surface area contributed by atoms with E-state index in [-0.39, 0.29) is 5.57 Å². The van der Waals surface area contributed by atoms with Crippen molar-refractivity contribution in [2.75, 3.05) is 14.1 Å². The Kier molecular flexibility index (Phi) is 3.49. The van der Waals surface area contributed by atoms with Crippen LogP contribution in [0.1, 0.15) is 13.8 Å². The lowest BCUT2D eigenvalue weighted by Gasteiger charge is -2.29. The Morgan fingerprint density at radius 2 is 1.62 bits per heavy atom. The highest BCUT2D eigenvalue weighted by Gasteiger charge is 2.38. The van der Waals surface area contributed by atoms with Gasteiger partial charge < -0.3 is 14.4 Å². The third kappa shape index (κ3) is 3.20. The maximum atomic E-state index is 11.5. The van der Waals surface area contributed by atoms with Gasteiger partial charge in [0.05, 0.1) is 20.3 Å². The van der Waals surface area contributed by atoms with Crippen LogP contribution in [-0.4, -0.2) is 31.8 Å². The van der Waals surface area contributed by atoms with E-state index in [0.29, 0.717) is 0 Å². The van der Waals surface area contributed by atoms with E-state index in [9.17, 15) is 9.59 Å². The van der Waals surface area contributed by atoms with Crippen LogP contribution >= 0.6 is 0 Å². The number of hydrogen-bond donors (Lipinski definition) is 1. The minimum absolute atomic E-state index is 0.0863. The van der Waals surface area contributed by atoms with Gasteiger partial charge in [-0.25, -0.2) is 9.59 Å². The number of rotatable bonds is 2. The molecule has 0 radical (unpaired) electrons. The smallest absolute Gasteiger partial charge is 0.348 e. The average Bonchev–Trinajstić information content (AvgIpc) is 2.07. The first-order chi connectivity index (χ1) is 7.32. The van der Waals surface area contributed by atoms with Crippen LogP contribution in [0.2, 0.25) is 0 Å². The van der Waals surface area contributed by atoms with Crippen LogP contribution in [0.5, 0.6) is 0 Å². The molecule has 1 N–H and O–H groups in total. The first kappa shape index (κ1) is 12.4. The molecule has 1 saturated heterocycles. The van der Waals surface area contributed by atoms with Gasteiger partial charge in [0, 0.05) is 13.8 Å². The summed E-state index contributed by atoms with van der Waals surface area (Å²) in [6.45, 7) is 3.03. The predicted molar refractivity (Wildman–Crippen MR) is 56.3 cm³/mol. The zero-order valence-corrected chi connectivity index (χ0v) is 9.87. The Labute approximate surface area is 94.3 Å². The molecule has 0 bridgehead atoms. The number of cyclic esters (lactones) is 2. The molecule has 0 spiro atoms. The molecule has 1 rings (SSSR count). The summed E-state index contributed by atoms with van der Waals surface area (Å²) in [6, 6.07) is 0. The van der Waals surface area contributed by atoms with Crippen molar-refractivity contribution in [3.05, 3.63) is 23.9 Å². The molecule has 0 aliphatic carbocycles. The first-order valence-corrected chi connectivity index (χ1v) is 4.97. The molecular formula is C11H16NO4+. The van der Waals surface area contributed by atoms with Crippen molar-refractivity contribution >= 4 is 11.9 Å². The summed E-state index contributed by atoms with van der Waals surface area (Å²) in [6.07, 6.45) is 4.80. The van der Waals surface area contributed by atoms with E-state index in [4.69, 9.17) is 9.47 Å². The topological polar surface area (TPSA) is 57.0 Å².